The number of para-hydroxylation sites is 2. The Labute approximate surface area is 153 Å². The van der Waals surface area contributed by atoms with Gasteiger partial charge >= 0.3 is 0 Å². The summed E-state index contributed by atoms with van der Waals surface area (Å²) in [6, 6.07) is 18.2. The molecule has 2 aromatic carbocycles. The van der Waals surface area contributed by atoms with Gasteiger partial charge in [-0.1, -0.05) is 12.1 Å². The van der Waals surface area contributed by atoms with Crippen LogP contribution in [0.1, 0.15) is 10.6 Å². The second-order valence-corrected chi connectivity index (χ2v) is 5.86. The molecule has 4 rings (SSSR count). The predicted octanol–water partition coefficient (Wildman–Crippen LogP) is 4.21. The summed E-state index contributed by atoms with van der Waals surface area (Å²) in [4.78, 5) is 16.3. The van der Waals surface area contributed by atoms with Gasteiger partial charge in [0.25, 0.3) is 5.91 Å². The lowest BCUT2D eigenvalue weighted by Gasteiger charge is -2.08. The van der Waals surface area contributed by atoms with Crippen molar-refractivity contribution in [2.45, 2.75) is 0 Å². The number of anilines is 1. The van der Waals surface area contributed by atoms with Crippen molar-refractivity contribution in [1.82, 2.24) is 10.3 Å². The number of nitrogens with zero attached hydrogens (tertiary/aromatic N) is 1. The maximum absolute atomic E-state index is 11.9. The molecule has 0 unspecified atom stereocenters. The van der Waals surface area contributed by atoms with Crippen LogP contribution in [0.2, 0.25) is 0 Å². The van der Waals surface area contributed by atoms with Crippen LogP contribution >= 0.6 is 12.2 Å². The first kappa shape index (κ1) is 16.0. The van der Waals surface area contributed by atoms with Crippen molar-refractivity contribution in [3.8, 4) is 11.5 Å². The van der Waals surface area contributed by atoms with Gasteiger partial charge in [-0.3, -0.25) is 10.1 Å². The SMILES string of the molecule is O=C(NC(=S)Nc1ccc(-c2nc3ccccc3o2)cc1)c1ccco1. The third kappa shape index (κ3) is 3.33. The topological polar surface area (TPSA) is 80.3 Å². The Bertz CT molecular complexity index is 1040. The smallest absolute Gasteiger partial charge is 0.293 e. The average molecular weight is 363 g/mol. The molecule has 6 nitrogen and oxygen atoms in total. The molecule has 0 aliphatic heterocycles. The zero-order chi connectivity index (χ0) is 17.9. The highest BCUT2D eigenvalue weighted by molar-refractivity contribution is 7.80. The third-order valence-corrected chi connectivity index (χ3v) is 3.86. The van der Waals surface area contributed by atoms with Crippen LogP contribution in [0.4, 0.5) is 5.69 Å². The highest BCUT2D eigenvalue weighted by Crippen LogP contribution is 2.25. The fourth-order valence-corrected chi connectivity index (χ4v) is 2.64. The third-order valence-electron chi connectivity index (χ3n) is 3.66. The molecule has 0 atom stereocenters. The fourth-order valence-electron chi connectivity index (χ4n) is 2.43. The monoisotopic (exact) mass is 363 g/mol. The number of oxazole rings is 1. The van der Waals surface area contributed by atoms with Crippen molar-refractivity contribution in [2.24, 2.45) is 0 Å². The van der Waals surface area contributed by atoms with Gasteiger partial charge < -0.3 is 14.2 Å². The summed E-state index contributed by atoms with van der Waals surface area (Å²) in [7, 11) is 0. The van der Waals surface area contributed by atoms with Crippen LogP contribution in [0, 0.1) is 0 Å². The van der Waals surface area contributed by atoms with Crippen LogP contribution in [0.3, 0.4) is 0 Å². The van der Waals surface area contributed by atoms with E-state index in [0.717, 1.165) is 22.4 Å². The van der Waals surface area contributed by atoms with Crippen LogP contribution in [0.5, 0.6) is 0 Å². The largest absolute Gasteiger partial charge is 0.459 e. The summed E-state index contributed by atoms with van der Waals surface area (Å²) in [5, 5.41) is 5.68. The number of thiocarbonyl (C=S) groups is 1. The number of fused-ring (bicyclic) bond motifs is 1. The minimum absolute atomic E-state index is 0.181. The Hall–Kier alpha value is -3.45. The van der Waals surface area contributed by atoms with E-state index in [2.05, 4.69) is 15.6 Å². The van der Waals surface area contributed by atoms with Crippen molar-refractivity contribution < 1.29 is 13.6 Å². The number of carbonyl (C=O) groups is 1. The normalized spacial score (nSPS) is 10.6. The lowest BCUT2D eigenvalue weighted by atomic mass is 10.2. The van der Waals surface area contributed by atoms with Gasteiger partial charge in [0.1, 0.15) is 5.52 Å². The Balaban J connectivity index is 1.44. The first-order chi connectivity index (χ1) is 12.7. The van der Waals surface area contributed by atoms with Crippen molar-refractivity contribution in [3.05, 3.63) is 72.7 Å². The quantitative estimate of drug-likeness (QED) is 0.531. The van der Waals surface area contributed by atoms with Gasteiger partial charge in [-0.15, -0.1) is 0 Å². The maximum Gasteiger partial charge on any atom is 0.293 e. The molecule has 1 amide bonds. The molecule has 4 aromatic rings. The number of carbonyl (C=O) groups excluding carboxylic acids is 1. The Morgan fingerprint density at radius 1 is 1.00 bits per heavy atom. The minimum Gasteiger partial charge on any atom is -0.459 e. The number of nitrogens with one attached hydrogen (secondary N) is 2. The van der Waals surface area contributed by atoms with Gasteiger partial charge in [-0.25, -0.2) is 4.98 Å². The molecule has 0 aliphatic rings. The summed E-state index contributed by atoms with van der Waals surface area (Å²) < 4.78 is 10.8. The summed E-state index contributed by atoms with van der Waals surface area (Å²) in [6.07, 6.45) is 1.43. The van der Waals surface area contributed by atoms with E-state index >= 15 is 0 Å². The predicted molar refractivity (Wildman–Crippen MR) is 102 cm³/mol. The highest BCUT2D eigenvalue weighted by Gasteiger charge is 2.11. The molecule has 26 heavy (non-hydrogen) atoms. The summed E-state index contributed by atoms with van der Waals surface area (Å²) in [5.74, 6) is 0.336. The van der Waals surface area contributed by atoms with Gasteiger partial charge in [0.05, 0.1) is 6.26 Å². The molecular formula is C19H13N3O3S. The van der Waals surface area contributed by atoms with Crippen LogP contribution in [0.15, 0.2) is 75.8 Å². The molecule has 2 aromatic heterocycles. The first-order valence-corrected chi connectivity index (χ1v) is 8.22. The summed E-state index contributed by atoms with van der Waals surface area (Å²) in [5.41, 5.74) is 3.13. The van der Waals surface area contributed by atoms with E-state index in [1.165, 1.54) is 6.26 Å². The van der Waals surface area contributed by atoms with E-state index in [1.54, 1.807) is 12.1 Å². The summed E-state index contributed by atoms with van der Waals surface area (Å²) >= 11 is 5.14. The number of hydrogen-bond donors (Lipinski definition) is 2. The molecule has 0 saturated carbocycles. The van der Waals surface area contributed by atoms with Crippen molar-refractivity contribution in [3.63, 3.8) is 0 Å². The highest BCUT2D eigenvalue weighted by atomic mass is 32.1. The Morgan fingerprint density at radius 2 is 1.81 bits per heavy atom. The molecule has 0 bridgehead atoms. The number of rotatable bonds is 3. The molecule has 2 heterocycles. The van der Waals surface area contributed by atoms with Crippen molar-refractivity contribution in [1.29, 1.82) is 0 Å². The first-order valence-electron chi connectivity index (χ1n) is 7.81. The zero-order valence-electron chi connectivity index (χ0n) is 13.4. The van der Waals surface area contributed by atoms with Crippen molar-refractivity contribution in [2.75, 3.05) is 5.32 Å². The lowest BCUT2D eigenvalue weighted by Crippen LogP contribution is -2.33. The lowest BCUT2D eigenvalue weighted by molar-refractivity contribution is 0.0950. The summed E-state index contributed by atoms with van der Waals surface area (Å²) in [6.45, 7) is 0. The molecule has 7 heteroatoms. The van der Waals surface area contributed by atoms with Crippen LogP contribution < -0.4 is 10.6 Å². The van der Waals surface area contributed by atoms with Crippen LogP contribution in [0.25, 0.3) is 22.6 Å². The van der Waals surface area contributed by atoms with E-state index in [0.29, 0.717) is 5.89 Å². The molecular weight excluding hydrogens is 350 g/mol. The molecule has 128 valence electrons. The molecule has 0 fully saturated rings. The van der Waals surface area contributed by atoms with E-state index in [1.807, 2.05) is 48.5 Å². The molecule has 0 radical (unpaired) electrons. The molecule has 0 spiro atoms. The van der Waals surface area contributed by atoms with E-state index in [4.69, 9.17) is 21.1 Å². The molecule has 0 saturated heterocycles. The number of furan rings is 1. The Morgan fingerprint density at radius 3 is 2.54 bits per heavy atom. The molecule has 2 N–H and O–H groups in total. The maximum atomic E-state index is 11.9. The number of aromatic nitrogens is 1. The molecule has 0 aliphatic carbocycles. The zero-order valence-corrected chi connectivity index (χ0v) is 14.2. The van der Waals surface area contributed by atoms with E-state index in [-0.39, 0.29) is 10.9 Å². The average Bonchev–Trinajstić information content (AvgIpc) is 3.32. The van der Waals surface area contributed by atoms with Crippen LogP contribution in [-0.2, 0) is 0 Å². The van der Waals surface area contributed by atoms with E-state index in [9.17, 15) is 4.79 Å². The number of hydrogen-bond acceptors (Lipinski definition) is 5. The standard InChI is InChI=1S/C19H13N3O3S/c23-17(16-6-3-11-24-16)22-19(26)20-13-9-7-12(8-10-13)18-21-14-4-1-2-5-15(14)25-18/h1-11H,(H2,20,22,23,26). The fraction of sp³-hybridized carbons (Fsp3) is 0. The van der Waals surface area contributed by atoms with Crippen LogP contribution in [-0.4, -0.2) is 16.0 Å². The minimum atomic E-state index is -0.407. The number of benzene rings is 2. The second-order valence-electron chi connectivity index (χ2n) is 5.45. The Kier molecular flexibility index (Phi) is 4.20. The van der Waals surface area contributed by atoms with Gasteiger partial charge in [0, 0.05) is 11.3 Å². The van der Waals surface area contributed by atoms with Gasteiger partial charge in [0.15, 0.2) is 16.5 Å². The van der Waals surface area contributed by atoms with Gasteiger partial charge in [-0.2, -0.15) is 0 Å². The van der Waals surface area contributed by atoms with Gasteiger partial charge in [-0.05, 0) is 60.7 Å². The number of amides is 1. The van der Waals surface area contributed by atoms with E-state index < -0.39 is 5.91 Å². The second kappa shape index (κ2) is 6.81. The van der Waals surface area contributed by atoms with Gasteiger partial charge in [0.2, 0.25) is 5.89 Å². The van der Waals surface area contributed by atoms with Crippen molar-refractivity contribution >= 4 is 40.0 Å².